The Labute approximate surface area is 208 Å². The Kier molecular flexibility index (Phi) is 9.98. The van der Waals surface area contributed by atoms with E-state index < -0.39 is 10.0 Å². The lowest BCUT2D eigenvalue weighted by Crippen LogP contribution is -2.38. The van der Waals surface area contributed by atoms with Crippen molar-refractivity contribution in [2.24, 2.45) is 4.99 Å². The minimum Gasteiger partial charge on any atom is -0.357 e. The summed E-state index contributed by atoms with van der Waals surface area (Å²) in [6.07, 6.45) is 3.06. The van der Waals surface area contributed by atoms with E-state index in [0.717, 1.165) is 26.1 Å². The van der Waals surface area contributed by atoms with E-state index in [0.29, 0.717) is 16.4 Å². The molecule has 32 heavy (non-hydrogen) atoms. The molecule has 0 saturated heterocycles. The molecule has 2 N–H and O–H groups in total. The van der Waals surface area contributed by atoms with Crippen LogP contribution in [-0.4, -0.2) is 50.4 Å². The van der Waals surface area contributed by atoms with Gasteiger partial charge in [-0.05, 0) is 42.5 Å². The van der Waals surface area contributed by atoms with E-state index in [4.69, 9.17) is 0 Å². The molecule has 3 aromatic rings. The SMILES string of the molecule is CCNC(=NCc1ccccc1S(=O)(=O)N(C)C)NCCCn1ccc2ccccc21.I. The van der Waals surface area contributed by atoms with Gasteiger partial charge in [0.25, 0.3) is 0 Å². The van der Waals surface area contributed by atoms with Gasteiger partial charge in [0, 0.05) is 45.4 Å². The minimum atomic E-state index is -3.51. The monoisotopic (exact) mass is 569 g/mol. The lowest BCUT2D eigenvalue weighted by molar-refractivity contribution is 0.519. The first-order chi connectivity index (χ1) is 14.9. The van der Waals surface area contributed by atoms with E-state index >= 15 is 0 Å². The third kappa shape index (κ3) is 6.46. The van der Waals surface area contributed by atoms with Crippen molar-refractivity contribution in [3.63, 3.8) is 0 Å². The number of sulfonamides is 1. The van der Waals surface area contributed by atoms with Crippen LogP contribution in [-0.2, 0) is 23.1 Å². The van der Waals surface area contributed by atoms with Crippen LogP contribution in [0.15, 0.2) is 70.7 Å². The predicted molar refractivity (Wildman–Crippen MR) is 142 cm³/mol. The minimum absolute atomic E-state index is 0. The Morgan fingerprint density at radius 1 is 1.03 bits per heavy atom. The van der Waals surface area contributed by atoms with Gasteiger partial charge in [0.15, 0.2) is 5.96 Å². The summed E-state index contributed by atoms with van der Waals surface area (Å²) < 4.78 is 28.6. The molecule has 0 aliphatic heterocycles. The molecule has 0 fully saturated rings. The summed E-state index contributed by atoms with van der Waals surface area (Å²) in [6.45, 7) is 4.68. The van der Waals surface area contributed by atoms with Gasteiger partial charge in [-0.25, -0.2) is 17.7 Å². The molecule has 0 spiro atoms. The van der Waals surface area contributed by atoms with Gasteiger partial charge < -0.3 is 15.2 Å². The summed E-state index contributed by atoms with van der Waals surface area (Å²) >= 11 is 0. The van der Waals surface area contributed by atoms with Gasteiger partial charge in [-0.3, -0.25) is 0 Å². The predicted octanol–water partition coefficient (Wildman–Crippen LogP) is 3.66. The number of hydrogen-bond donors (Lipinski definition) is 2. The lowest BCUT2D eigenvalue weighted by atomic mass is 10.2. The zero-order chi connectivity index (χ0) is 22.3. The maximum atomic E-state index is 12.6. The highest BCUT2D eigenvalue weighted by molar-refractivity contribution is 14.0. The van der Waals surface area contributed by atoms with Gasteiger partial charge in [-0.2, -0.15) is 0 Å². The third-order valence-corrected chi connectivity index (χ3v) is 6.95. The molecular weight excluding hydrogens is 537 g/mol. The summed E-state index contributed by atoms with van der Waals surface area (Å²) in [5.74, 6) is 0.678. The first-order valence-electron chi connectivity index (χ1n) is 10.5. The van der Waals surface area contributed by atoms with Crippen molar-refractivity contribution in [1.29, 1.82) is 0 Å². The lowest BCUT2D eigenvalue weighted by Gasteiger charge is -2.15. The fraction of sp³-hybridized carbons (Fsp3) is 0.348. The first-order valence-corrected chi connectivity index (χ1v) is 11.9. The van der Waals surface area contributed by atoms with E-state index in [1.165, 1.54) is 29.3 Å². The molecule has 0 amide bonds. The maximum Gasteiger partial charge on any atom is 0.242 e. The van der Waals surface area contributed by atoms with Gasteiger partial charge >= 0.3 is 0 Å². The standard InChI is InChI=1S/C23H31N5O2S.HI/c1-4-24-23(25-15-9-16-28-17-14-19-10-5-7-12-21(19)28)26-18-20-11-6-8-13-22(20)31(29,30)27(2)3;/h5-8,10-14,17H,4,9,15-16,18H2,1-3H3,(H2,24,25,26);1H. The highest BCUT2D eigenvalue weighted by Crippen LogP contribution is 2.19. The van der Waals surface area contributed by atoms with Crippen molar-refractivity contribution in [3.05, 3.63) is 66.4 Å². The number of para-hydroxylation sites is 1. The summed E-state index contributed by atoms with van der Waals surface area (Å²) in [4.78, 5) is 4.90. The molecule has 1 heterocycles. The molecule has 0 saturated carbocycles. The third-order valence-electron chi connectivity index (χ3n) is 5.03. The molecule has 7 nitrogen and oxygen atoms in total. The number of hydrogen-bond acceptors (Lipinski definition) is 3. The number of aryl methyl sites for hydroxylation is 1. The Morgan fingerprint density at radius 3 is 2.50 bits per heavy atom. The zero-order valence-corrected chi connectivity index (χ0v) is 21.9. The normalized spacial score (nSPS) is 12.1. The summed E-state index contributed by atoms with van der Waals surface area (Å²) in [7, 11) is -0.438. The Hall–Kier alpha value is -2.11. The Bertz CT molecular complexity index is 1140. The molecular formula is C23H32IN5O2S. The Morgan fingerprint density at radius 2 is 1.75 bits per heavy atom. The number of nitrogens with one attached hydrogen (secondary N) is 2. The number of aromatic nitrogens is 1. The second-order valence-corrected chi connectivity index (χ2v) is 9.56. The molecule has 174 valence electrons. The number of rotatable bonds is 9. The second kappa shape index (κ2) is 12.2. The van der Waals surface area contributed by atoms with Crippen LogP contribution in [0.2, 0.25) is 0 Å². The fourth-order valence-corrected chi connectivity index (χ4v) is 4.49. The molecule has 9 heteroatoms. The largest absolute Gasteiger partial charge is 0.357 e. The average Bonchev–Trinajstić information content (AvgIpc) is 3.18. The van der Waals surface area contributed by atoms with Crippen molar-refractivity contribution in [2.75, 3.05) is 27.2 Å². The number of halogens is 1. The van der Waals surface area contributed by atoms with Crippen LogP contribution >= 0.6 is 24.0 Å². The van der Waals surface area contributed by atoms with E-state index in [2.05, 4.69) is 56.7 Å². The van der Waals surface area contributed by atoms with Crippen molar-refractivity contribution in [3.8, 4) is 0 Å². The highest BCUT2D eigenvalue weighted by Gasteiger charge is 2.20. The van der Waals surface area contributed by atoms with Crippen LogP contribution in [0.4, 0.5) is 0 Å². The van der Waals surface area contributed by atoms with E-state index in [1.54, 1.807) is 18.2 Å². The van der Waals surface area contributed by atoms with E-state index in [-0.39, 0.29) is 30.5 Å². The van der Waals surface area contributed by atoms with Crippen LogP contribution in [0, 0.1) is 0 Å². The first kappa shape index (κ1) is 26.1. The molecule has 3 rings (SSSR count). The van der Waals surface area contributed by atoms with Crippen molar-refractivity contribution in [1.82, 2.24) is 19.5 Å². The van der Waals surface area contributed by atoms with Crippen LogP contribution in [0.3, 0.4) is 0 Å². The maximum absolute atomic E-state index is 12.6. The van der Waals surface area contributed by atoms with Crippen LogP contribution in [0.1, 0.15) is 18.9 Å². The Balaban J connectivity index is 0.00000363. The highest BCUT2D eigenvalue weighted by atomic mass is 127. The van der Waals surface area contributed by atoms with Crippen molar-refractivity contribution >= 4 is 50.9 Å². The van der Waals surface area contributed by atoms with Crippen LogP contribution in [0.25, 0.3) is 10.9 Å². The van der Waals surface area contributed by atoms with E-state index in [9.17, 15) is 8.42 Å². The molecule has 0 bridgehead atoms. The molecule has 0 radical (unpaired) electrons. The molecule has 1 aromatic heterocycles. The quantitative estimate of drug-likeness (QED) is 0.179. The number of benzene rings is 2. The number of aliphatic imine (C=N–C) groups is 1. The number of guanidine groups is 1. The average molecular weight is 570 g/mol. The summed E-state index contributed by atoms with van der Waals surface area (Å²) in [6, 6.07) is 17.5. The summed E-state index contributed by atoms with van der Waals surface area (Å²) in [5, 5.41) is 7.82. The zero-order valence-electron chi connectivity index (χ0n) is 18.8. The van der Waals surface area contributed by atoms with Crippen molar-refractivity contribution in [2.45, 2.75) is 31.3 Å². The van der Waals surface area contributed by atoms with Gasteiger partial charge in [0.05, 0.1) is 11.4 Å². The fourth-order valence-electron chi connectivity index (χ4n) is 3.38. The van der Waals surface area contributed by atoms with Gasteiger partial charge in [0.2, 0.25) is 10.0 Å². The van der Waals surface area contributed by atoms with Crippen LogP contribution in [0.5, 0.6) is 0 Å². The smallest absolute Gasteiger partial charge is 0.242 e. The molecule has 0 unspecified atom stereocenters. The molecule has 0 aliphatic rings. The van der Waals surface area contributed by atoms with Gasteiger partial charge in [0.1, 0.15) is 0 Å². The van der Waals surface area contributed by atoms with Gasteiger partial charge in [-0.15, -0.1) is 24.0 Å². The second-order valence-electron chi connectivity index (χ2n) is 7.44. The van der Waals surface area contributed by atoms with Crippen LogP contribution < -0.4 is 10.6 Å². The number of nitrogens with zero attached hydrogens (tertiary/aromatic N) is 3. The molecule has 0 aliphatic carbocycles. The summed E-state index contributed by atoms with van der Waals surface area (Å²) in [5.41, 5.74) is 1.91. The topological polar surface area (TPSA) is 78.7 Å². The van der Waals surface area contributed by atoms with Gasteiger partial charge in [-0.1, -0.05) is 36.4 Å². The number of fused-ring (bicyclic) bond motifs is 1. The molecule has 0 atom stereocenters. The van der Waals surface area contributed by atoms with Crippen molar-refractivity contribution < 1.29 is 8.42 Å². The van der Waals surface area contributed by atoms with E-state index in [1.807, 2.05) is 13.0 Å². The molecule has 2 aromatic carbocycles.